The Kier molecular flexibility index (Phi) is 4.67. The third-order valence-corrected chi connectivity index (χ3v) is 4.72. The predicted molar refractivity (Wildman–Crippen MR) is 110 cm³/mol. The second kappa shape index (κ2) is 6.76. The largest absolute Gasteiger partial charge is 0.355 e. The Bertz CT molecular complexity index is 870. The molecule has 0 saturated heterocycles. The van der Waals surface area contributed by atoms with Crippen molar-refractivity contribution in [1.29, 1.82) is 0 Å². The van der Waals surface area contributed by atoms with Crippen molar-refractivity contribution < 1.29 is 0 Å². The van der Waals surface area contributed by atoms with Crippen LogP contribution in [0.5, 0.6) is 0 Å². The third-order valence-electron chi connectivity index (χ3n) is 4.72. The average molecular weight is 329 g/mol. The summed E-state index contributed by atoms with van der Waals surface area (Å²) in [6.07, 6.45) is 0. The lowest BCUT2D eigenvalue weighted by Crippen LogP contribution is -2.11. The fraction of sp³-hybridized carbons (Fsp3) is 0.250. The van der Waals surface area contributed by atoms with E-state index in [0.29, 0.717) is 0 Å². The molecule has 128 valence electrons. The van der Waals surface area contributed by atoms with E-state index in [2.05, 4.69) is 107 Å². The van der Waals surface area contributed by atoms with Gasteiger partial charge in [-0.1, -0.05) is 75.4 Å². The van der Waals surface area contributed by atoms with Crippen molar-refractivity contribution in [1.82, 2.24) is 0 Å². The molecule has 1 heteroatoms. The van der Waals surface area contributed by atoms with E-state index in [1.807, 2.05) is 0 Å². The zero-order chi connectivity index (χ0) is 18.0. The lowest BCUT2D eigenvalue weighted by Gasteiger charge is -2.22. The van der Waals surface area contributed by atoms with E-state index in [1.165, 1.54) is 33.5 Å². The Balaban J connectivity index is 1.98. The molecule has 0 fully saturated rings. The van der Waals surface area contributed by atoms with E-state index in [-0.39, 0.29) is 5.41 Å². The van der Waals surface area contributed by atoms with E-state index >= 15 is 0 Å². The van der Waals surface area contributed by atoms with E-state index in [9.17, 15) is 0 Å². The zero-order valence-corrected chi connectivity index (χ0v) is 15.9. The second-order valence-corrected chi connectivity index (χ2v) is 7.80. The molecular weight excluding hydrogens is 302 g/mol. The summed E-state index contributed by atoms with van der Waals surface area (Å²) in [5, 5.41) is 3.66. The van der Waals surface area contributed by atoms with Crippen LogP contribution in [0.4, 0.5) is 11.4 Å². The first-order chi connectivity index (χ1) is 11.8. The SMILES string of the molecule is Cc1ccc(-c2ccccc2)cc1Nc1cc(C(C)(C)C)ccc1C. The number of rotatable bonds is 3. The van der Waals surface area contributed by atoms with E-state index in [4.69, 9.17) is 0 Å². The van der Waals surface area contributed by atoms with Crippen LogP contribution in [0.2, 0.25) is 0 Å². The molecule has 1 N–H and O–H groups in total. The van der Waals surface area contributed by atoms with Crippen molar-refractivity contribution in [2.45, 2.75) is 40.0 Å². The van der Waals surface area contributed by atoms with Gasteiger partial charge < -0.3 is 5.32 Å². The van der Waals surface area contributed by atoms with Crippen molar-refractivity contribution in [2.75, 3.05) is 5.32 Å². The summed E-state index contributed by atoms with van der Waals surface area (Å²) in [6.45, 7) is 11.1. The molecule has 0 unspecified atom stereocenters. The lowest BCUT2D eigenvalue weighted by molar-refractivity contribution is 0.590. The molecule has 1 nitrogen and oxygen atoms in total. The maximum atomic E-state index is 3.66. The van der Waals surface area contributed by atoms with Gasteiger partial charge in [0.15, 0.2) is 0 Å². The Hall–Kier alpha value is -2.54. The minimum atomic E-state index is 0.144. The number of benzene rings is 3. The maximum absolute atomic E-state index is 3.66. The third kappa shape index (κ3) is 3.93. The van der Waals surface area contributed by atoms with Gasteiger partial charge in [0.25, 0.3) is 0 Å². The monoisotopic (exact) mass is 329 g/mol. The average Bonchev–Trinajstić information content (AvgIpc) is 2.58. The highest BCUT2D eigenvalue weighted by Gasteiger charge is 2.15. The van der Waals surface area contributed by atoms with Crippen LogP contribution in [0.1, 0.15) is 37.5 Å². The van der Waals surface area contributed by atoms with Crippen LogP contribution >= 0.6 is 0 Å². The summed E-state index contributed by atoms with van der Waals surface area (Å²) >= 11 is 0. The molecule has 0 spiro atoms. The van der Waals surface area contributed by atoms with Gasteiger partial charge in [0, 0.05) is 11.4 Å². The molecule has 0 aliphatic rings. The summed E-state index contributed by atoms with van der Waals surface area (Å²) in [4.78, 5) is 0. The lowest BCUT2D eigenvalue weighted by atomic mass is 9.86. The molecule has 0 heterocycles. The van der Waals surface area contributed by atoms with E-state index in [0.717, 1.165) is 5.69 Å². The van der Waals surface area contributed by atoms with Gasteiger partial charge in [-0.3, -0.25) is 0 Å². The van der Waals surface area contributed by atoms with Gasteiger partial charge in [0.05, 0.1) is 0 Å². The molecule has 3 aromatic carbocycles. The highest BCUT2D eigenvalue weighted by molar-refractivity contribution is 5.74. The molecule has 0 atom stereocenters. The van der Waals surface area contributed by atoms with Crippen molar-refractivity contribution >= 4 is 11.4 Å². The van der Waals surface area contributed by atoms with Crippen LogP contribution in [-0.2, 0) is 5.41 Å². The molecule has 25 heavy (non-hydrogen) atoms. The van der Waals surface area contributed by atoms with E-state index in [1.54, 1.807) is 0 Å². The fourth-order valence-corrected chi connectivity index (χ4v) is 2.94. The summed E-state index contributed by atoms with van der Waals surface area (Å²) in [5.74, 6) is 0. The molecule has 0 saturated carbocycles. The van der Waals surface area contributed by atoms with Crippen molar-refractivity contribution in [2.24, 2.45) is 0 Å². The molecule has 0 aliphatic carbocycles. The highest BCUT2D eigenvalue weighted by Crippen LogP contribution is 2.31. The highest BCUT2D eigenvalue weighted by atomic mass is 14.9. The summed E-state index contributed by atoms with van der Waals surface area (Å²) in [6, 6.07) is 23.9. The van der Waals surface area contributed by atoms with Crippen molar-refractivity contribution in [3.63, 3.8) is 0 Å². The molecular formula is C24H27N. The Morgan fingerprint density at radius 1 is 0.640 bits per heavy atom. The van der Waals surface area contributed by atoms with Crippen LogP contribution in [0.3, 0.4) is 0 Å². The Morgan fingerprint density at radius 3 is 1.88 bits per heavy atom. The maximum Gasteiger partial charge on any atom is 0.0420 e. The predicted octanol–water partition coefficient (Wildman–Crippen LogP) is 7.01. The number of nitrogens with one attached hydrogen (secondary N) is 1. The summed E-state index contributed by atoms with van der Waals surface area (Å²) in [7, 11) is 0. The smallest absolute Gasteiger partial charge is 0.0420 e. The molecule has 0 aromatic heterocycles. The second-order valence-electron chi connectivity index (χ2n) is 7.80. The summed E-state index contributed by atoms with van der Waals surface area (Å²) < 4.78 is 0. The Labute approximate surface area is 151 Å². The summed E-state index contributed by atoms with van der Waals surface area (Å²) in [5.41, 5.74) is 8.82. The van der Waals surface area contributed by atoms with Crippen LogP contribution in [0.25, 0.3) is 11.1 Å². The van der Waals surface area contributed by atoms with Crippen LogP contribution in [-0.4, -0.2) is 0 Å². The minimum Gasteiger partial charge on any atom is -0.355 e. The van der Waals surface area contributed by atoms with Crippen LogP contribution in [0.15, 0.2) is 66.7 Å². The normalized spacial score (nSPS) is 11.4. The van der Waals surface area contributed by atoms with Gasteiger partial charge in [-0.15, -0.1) is 0 Å². The van der Waals surface area contributed by atoms with E-state index < -0.39 is 0 Å². The van der Waals surface area contributed by atoms with Gasteiger partial charge in [-0.25, -0.2) is 0 Å². The standard InChI is InChI=1S/C24H27N/c1-17-11-13-20(19-9-7-6-8-10-19)15-22(17)25-23-16-21(24(3,4)5)14-12-18(23)2/h6-16,25H,1-5H3. The molecule has 0 aliphatic heterocycles. The fourth-order valence-electron chi connectivity index (χ4n) is 2.94. The first-order valence-corrected chi connectivity index (χ1v) is 8.89. The minimum absolute atomic E-state index is 0.144. The van der Waals surface area contributed by atoms with Crippen molar-refractivity contribution in [3.8, 4) is 11.1 Å². The van der Waals surface area contributed by atoms with Crippen LogP contribution < -0.4 is 5.32 Å². The molecule has 3 aromatic rings. The number of anilines is 2. The first kappa shape index (κ1) is 17.3. The topological polar surface area (TPSA) is 12.0 Å². The number of hydrogen-bond donors (Lipinski definition) is 1. The number of hydrogen-bond acceptors (Lipinski definition) is 1. The van der Waals surface area contributed by atoms with Crippen LogP contribution in [0, 0.1) is 13.8 Å². The quantitative estimate of drug-likeness (QED) is 0.545. The number of aryl methyl sites for hydroxylation is 2. The zero-order valence-electron chi connectivity index (χ0n) is 15.9. The van der Waals surface area contributed by atoms with Gasteiger partial charge in [-0.05, 0) is 59.2 Å². The van der Waals surface area contributed by atoms with Crippen molar-refractivity contribution in [3.05, 3.63) is 83.4 Å². The molecule has 0 radical (unpaired) electrons. The van der Waals surface area contributed by atoms with Gasteiger partial charge in [0.2, 0.25) is 0 Å². The molecule has 0 amide bonds. The Morgan fingerprint density at radius 2 is 1.24 bits per heavy atom. The first-order valence-electron chi connectivity index (χ1n) is 8.89. The van der Waals surface area contributed by atoms with Gasteiger partial charge in [-0.2, -0.15) is 0 Å². The molecule has 3 rings (SSSR count). The molecule has 0 bridgehead atoms. The van der Waals surface area contributed by atoms with Gasteiger partial charge in [0.1, 0.15) is 0 Å². The van der Waals surface area contributed by atoms with Gasteiger partial charge >= 0.3 is 0 Å².